The lowest BCUT2D eigenvalue weighted by Gasteiger charge is -2.43. The number of carbonyl (C=O) groups is 1. The molecule has 4 atom stereocenters. The van der Waals surface area contributed by atoms with Gasteiger partial charge in [-0.2, -0.15) is 0 Å². The first-order valence-corrected chi connectivity index (χ1v) is 17.1. The van der Waals surface area contributed by atoms with Gasteiger partial charge in [0.15, 0.2) is 6.29 Å². The summed E-state index contributed by atoms with van der Waals surface area (Å²) in [5, 5.41) is 12.4. The van der Waals surface area contributed by atoms with Crippen LogP contribution in [0.15, 0.2) is 48.5 Å². The van der Waals surface area contributed by atoms with Gasteiger partial charge in [0.2, 0.25) is 5.91 Å². The van der Waals surface area contributed by atoms with Gasteiger partial charge < -0.3 is 24.8 Å². The van der Waals surface area contributed by atoms with E-state index in [1.807, 2.05) is 36.4 Å². The zero-order valence-corrected chi connectivity index (χ0v) is 27.4. The van der Waals surface area contributed by atoms with Gasteiger partial charge in [0.1, 0.15) is 0 Å². The van der Waals surface area contributed by atoms with E-state index in [1.165, 1.54) is 84.0 Å². The predicted octanol–water partition coefficient (Wildman–Crippen LogP) is 8.95. The van der Waals surface area contributed by atoms with Crippen LogP contribution in [0.3, 0.4) is 0 Å². The Balaban J connectivity index is 1.75. The molecule has 6 nitrogen and oxygen atoms in total. The normalized spacial score (nSPS) is 20.4. The van der Waals surface area contributed by atoms with Crippen LogP contribution in [0.25, 0.3) is 0 Å². The summed E-state index contributed by atoms with van der Waals surface area (Å²) in [6, 6.07) is 15.9. The standard InChI is InChI=1S/C37H58N2O4/c1-5-7-9-11-13-15-25-39(26-16-14-12-10-8-6-2)27-35-29(3)36(32-19-17-31(28-40)18-20-32)43-37(42-35)33-21-23-34(24-22-33)38-30(4)41/h17-24,29,35-37,40H,5-16,25-28H2,1-4H3,(H,38,41)/t29-,35+,36+,37+/m0/s1. The lowest BCUT2D eigenvalue weighted by molar-refractivity contribution is -0.276. The second-order valence-corrected chi connectivity index (χ2v) is 12.5. The van der Waals surface area contributed by atoms with Crippen molar-refractivity contribution in [3.8, 4) is 0 Å². The molecule has 0 unspecified atom stereocenters. The molecule has 2 aromatic carbocycles. The van der Waals surface area contributed by atoms with Crippen LogP contribution >= 0.6 is 0 Å². The third-order valence-electron chi connectivity index (χ3n) is 8.72. The van der Waals surface area contributed by atoms with Crippen molar-refractivity contribution in [2.24, 2.45) is 5.92 Å². The second-order valence-electron chi connectivity index (χ2n) is 12.5. The van der Waals surface area contributed by atoms with E-state index in [1.54, 1.807) is 0 Å². The Morgan fingerprint density at radius 3 is 1.84 bits per heavy atom. The van der Waals surface area contributed by atoms with Crippen molar-refractivity contribution < 1.29 is 19.4 Å². The number of rotatable bonds is 20. The van der Waals surface area contributed by atoms with Crippen LogP contribution in [0.5, 0.6) is 0 Å². The Bertz CT molecular complexity index is 1010. The molecule has 1 amide bonds. The minimum atomic E-state index is -0.500. The third kappa shape index (κ3) is 12.3. The summed E-state index contributed by atoms with van der Waals surface area (Å²) in [5.41, 5.74) is 3.71. The van der Waals surface area contributed by atoms with E-state index in [2.05, 4.69) is 43.1 Å². The molecule has 0 radical (unpaired) electrons. The van der Waals surface area contributed by atoms with Gasteiger partial charge in [-0.1, -0.05) is 121 Å². The smallest absolute Gasteiger partial charge is 0.221 e. The number of hydrogen-bond donors (Lipinski definition) is 2. The maximum atomic E-state index is 11.5. The lowest BCUT2D eigenvalue weighted by Crippen LogP contribution is -2.45. The summed E-state index contributed by atoms with van der Waals surface area (Å²) in [7, 11) is 0. The molecule has 240 valence electrons. The topological polar surface area (TPSA) is 71.0 Å². The number of anilines is 1. The minimum Gasteiger partial charge on any atom is -0.392 e. The van der Waals surface area contributed by atoms with Crippen molar-refractivity contribution in [3.05, 3.63) is 65.2 Å². The third-order valence-corrected chi connectivity index (χ3v) is 8.72. The van der Waals surface area contributed by atoms with Crippen LogP contribution in [-0.4, -0.2) is 41.7 Å². The van der Waals surface area contributed by atoms with Crippen molar-refractivity contribution in [1.82, 2.24) is 4.90 Å². The largest absolute Gasteiger partial charge is 0.392 e. The molecule has 43 heavy (non-hydrogen) atoms. The summed E-state index contributed by atoms with van der Waals surface area (Å²) < 4.78 is 13.4. The van der Waals surface area contributed by atoms with Gasteiger partial charge in [-0.25, -0.2) is 0 Å². The van der Waals surface area contributed by atoms with Crippen molar-refractivity contribution in [2.75, 3.05) is 25.0 Å². The molecule has 1 fully saturated rings. The molecule has 2 aromatic rings. The minimum absolute atomic E-state index is 0.0106. The monoisotopic (exact) mass is 594 g/mol. The number of nitrogens with zero attached hydrogens (tertiary/aromatic N) is 1. The van der Waals surface area contributed by atoms with Crippen molar-refractivity contribution in [2.45, 2.75) is 130 Å². The Morgan fingerprint density at radius 1 is 0.767 bits per heavy atom. The first-order chi connectivity index (χ1) is 20.9. The van der Waals surface area contributed by atoms with Gasteiger partial charge in [-0.05, 0) is 49.2 Å². The first-order valence-electron chi connectivity index (χ1n) is 17.1. The van der Waals surface area contributed by atoms with Gasteiger partial charge in [0.05, 0.1) is 18.8 Å². The van der Waals surface area contributed by atoms with Crippen LogP contribution < -0.4 is 5.32 Å². The molecule has 1 heterocycles. The highest BCUT2D eigenvalue weighted by Gasteiger charge is 2.39. The van der Waals surface area contributed by atoms with Gasteiger partial charge in [-0.3, -0.25) is 4.79 Å². The maximum absolute atomic E-state index is 11.5. The molecular weight excluding hydrogens is 536 g/mol. The molecule has 0 spiro atoms. The van der Waals surface area contributed by atoms with Crippen molar-refractivity contribution in [3.63, 3.8) is 0 Å². The molecule has 3 rings (SSSR count). The van der Waals surface area contributed by atoms with E-state index >= 15 is 0 Å². The first kappa shape index (κ1) is 35.2. The average molecular weight is 595 g/mol. The molecule has 6 heteroatoms. The summed E-state index contributed by atoms with van der Waals surface area (Å²) in [4.78, 5) is 14.2. The number of aliphatic hydroxyl groups is 1. The molecule has 0 aromatic heterocycles. The van der Waals surface area contributed by atoms with E-state index < -0.39 is 6.29 Å². The van der Waals surface area contributed by atoms with E-state index in [9.17, 15) is 9.90 Å². The maximum Gasteiger partial charge on any atom is 0.221 e. The van der Waals surface area contributed by atoms with Crippen LogP contribution in [0, 0.1) is 5.92 Å². The number of nitrogens with one attached hydrogen (secondary N) is 1. The highest BCUT2D eigenvalue weighted by Crippen LogP contribution is 2.42. The summed E-state index contributed by atoms with van der Waals surface area (Å²) in [5.74, 6) is 0.0699. The fourth-order valence-electron chi connectivity index (χ4n) is 6.04. The van der Waals surface area contributed by atoms with Crippen LogP contribution in [-0.2, 0) is 20.9 Å². The number of benzene rings is 2. The molecule has 2 N–H and O–H groups in total. The highest BCUT2D eigenvalue weighted by atomic mass is 16.7. The van der Waals surface area contributed by atoms with Crippen molar-refractivity contribution in [1.29, 1.82) is 0 Å². The van der Waals surface area contributed by atoms with Gasteiger partial charge in [0, 0.05) is 30.6 Å². The van der Waals surface area contributed by atoms with Gasteiger partial charge in [-0.15, -0.1) is 0 Å². The molecule has 1 saturated heterocycles. The zero-order valence-electron chi connectivity index (χ0n) is 27.4. The predicted molar refractivity (Wildman–Crippen MR) is 177 cm³/mol. The SMILES string of the molecule is CCCCCCCCN(CCCCCCCC)C[C@H]1O[C@@H](c2ccc(NC(C)=O)cc2)O[C@@H](c2ccc(CO)cc2)[C@H]1C. The number of ether oxygens (including phenoxy) is 2. The van der Waals surface area contributed by atoms with E-state index in [0.29, 0.717) is 0 Å². The number of carbonyl (C=O) groups excluding carboxylic acids is 1. The van der Waals surface area contributed by atoms with Crippen LogP contribution in [0.2, 0.25) is 0 Å². The van der Waals surface area contributed by atoms with E-state index in [0.717, 1.165) is 42.0 Å². The number of aliphatic hydroxyl groups excluding tert-OH is 1. The van der Waals surface area contributed by atoms with Crippen LogP contribution in [0.4, 0.5) is 5.69 Å². The molecule has 0 bridgehead atoms. The van der Waals surface area contributed by atoms with Crippen molar-refractivity contribution >= 4 is 11.6 Å². The number of hydrogen-bond acceptors (Lipinski definition) is 5. The molecule has 1 aliphatic rings. The quantitative estimate of drug-likeness (QED) is 0.150. The Hall–Kier alpha value is -2.25. The molecule has 0 aliphatic carbocycles. The second kappa shape index (κ2) is 19.9. The van der Waals surface area contributed by atoms with E-state index in [4.69, 9.17) is 9.47 Å². The number of unbranched alkanes of at least 4 members (excludes halogenated alkanes) is 10. The molecular formula is C37H58N2O4. The number of amides is 1. The zero-order chi connectivity index (χ0) is 30.9. The Labute approximate surface area is 261 Å². The molecule has 1 aliphatic heterocycles. The average Bonchev–Trinajstić information content (AvgIpc) is 3.01. The fraction of sp³-hybridized carbons (Fsp3) is 0.649. The van der Waals surface area contributed by atoms with Gasteiger partial charge >= 0.3 is 0 Å². The summed E-state index contributed by atoms with van der Waals surface area (Å²) in [6.07, 6.45) is 15.0. The summed E-state index contributed by atoms with van der Waals surface area (Å²) >= 11 is 0. The lowest BCUT2D eigenvalue weighted by atomic mass is 9.90. The fourth-order valence-corrected chi connectivity index (χ4v) is 6.04. The van der Waals surface area contributed by atoms with E-state index in [-0.39, 0.29) is 30.6 Å². The Kier molecular flexibility index (Phi) is 16.3. The highest BCUT2D eigenvalue weighted by molar-refractivity contribution is 5.88. The molecule has 0 saturated carbocycles. The van der Waals surface area contributed by atoms with Crippen LogP contribution in [0.1, 0.15) is 134 Å². The Morgan fingerprint density at radius 2 is 1.30 bits per heavy atom. The van der Waals surface area contributed by atoms with Gasteiger partial charge in [0.25, 0.3) is 0 Å². The summed E-state index contributed by atoms with van der Waals surface area (Å²) in [6.45, 7) is 11.5.